The number of nitrogen functional groups attached to an aromatic ring is 1. The van der Waals surface area contributed by atoms with Crippen LogP contribution in [0.2, 0.25) is 0 Å². The fraction of sp³-hybridized carbons (Fsp3) is 0.500. The van der Waals surface area contributed by atoms with Crippen molar-refractivity contribution in [2.75, 3.05) is 18.6 Å². The average Bonchev–Trinajstić information content (AvgIpc) is 2.92. The van der Waals surface area contributed by atoms with Gasteiger partial charge in [0.1, 0.15) is 0 Å². The van der Waals surface area contributed by atoms with Crippen LogP contribution in [0, 0.1) is 5.92 Å². The van der Waals surface area contributed by atoms with Gasteiger partial charge >= 0.3 is 0 Å². The van der Waals surface area contributed by atoms with Crippen LogP contribution < -0.4 is 16.6 Å². The van der Waals surface area contributed by atoms with Crippen molar-refractivity contribution in [3.8, 4) is 0 Å². The number of nitrogens with one attached hydrogen (secondary N) is 2. The van der Waals surface area contributed by atoms with Crippen molar-refractivity contribution in [3.63, 3.8) is 0 Å². The zero-order valence-electron chi connectivity index (χ0n) is 10.6. The van der Waals surface area contributed by atoms with Gasteiger partial charge in [0.15, 0.2) is 5.82 Å². The SMILES string of the molecule is CC(NC(=O)c1cc(Br)cnc1NN)C1CCOC1. The summed E-state index contributed by atoms with van der Waals surface area (Å²) < 4.78 is 6.06. The Hall–Kier alpha value is -1.18. The number of amides is 1. The molecule has 1 aromatic heterocycles. The second-order valence-corrected chi connectivity index (χ2v) is 5.50. The van der Waals surface area contributed by atoms with Crippen LogP contribution in [0.1, 0.15) is 23.7 Å². The molecule has 1 aliphatic heterocycles. The van der Waals surface area contributed by atoms with E-state index in [0.717, 1.165) is 17.5 Å². The van der Waals surface area contributed by atoms with Crippen LogP contribution in [0.4, 0.5) is 5.82 Å². The first-order chi connectivity index (χ1) is 9.11. The van der Waals surface area contributed by atoms with Crippen LogP contribution in [0.25, 0.3) is 0 Å². The lowest BCUT2D eigenvalue weighted by Crippen LogP contribution is -2.38. The summed E-state index contributed by atoms with van der Waals surface area (Å²) in [7, 11) is 0. The number of halogens is 1. The smallest absolute Gasteiger partial charge is 0.255 e. The molecule has 0 radical (unpaired) electrons. The lowest BCUT2D eigenvalue weighted by Gasteiger charge is -2.19. The zero-order valence-corrected chi connectivity index (χ0v) is 12.2. The van der Waals surface area contributed by atoms with Crippen molar-refractivity contribution < 1.29 is 9.53 Å². The first kappa shape index (κ1) is 14.2. The Morgan fingerprint density at radius 1 is 1.68 bits per heavy atom. The van der Waals surface area contributed by atoms with E-state index in [1.165, 1.54) is 0 Å². The number of pyridine rings is 1. The molecule has 0 aliphatic carbocycles. The largest absolute Gasteiger partial charge is 0.381 e. The highest BCUT2D eigenvalue weighted by Crippen LogP contribution is 2.20. The Balaban J connectivity index is 2.08. The molecule has 0 bridgehead atoms. The molecule has 7 heteroatoms. The number of nitrogens with two attached hydrogens (primary N) is 1. The van der Waals surface area contributed by atoms with Gasteiger partial charge < -0.3 is 15.5 Å². The number of hydrogen-bond acceptors (Lipinski definition) is 5. The molecule has 2 rings (SSSR count). The van der Waals surface area contributed by atoms with E-state index >= 15 is 0 Å². The van der Waals surface area contributed by atoms with E-state index < -0.39 is 0 Å². The third-order valence-electron chi connectivity index (χ3n) is 3.27. The number of carbonyl (C=O) groups is 1. The zero-order chi connectivity index (χ0) is 13.8. The van der Waals surface area contributed by atoms with E-state index in [2.05, 4.69) is 31.7 Å². The molecule has 6 nitrogen and oxygen atoms in total. The van der Waals surface area contributed by atoms with Crippen molar-refractivity contribution in [3.05, 3.63) is 22.3 Å². The van der Waals surface area contributed by atoms with Crippen LogP contribution in [0.15, 0.2) is 16.7 Å². The van der Waals surface area contributed by atoms with Gasteiger partial charge in [0.05, 0.1) is 12.2 Å². The van der Waals surface area contributed by atoms with Gasteiger partial charge in [-0.1, -0.05) is 0 Å². The minimum atomic E-state index is -0.193. The van der Waals surface area contributed by atoms with Gasteiger partial charge in [0.2, 0.25) is 0 Å². The second-order valence-electron chi connectivity index (χ2n) is 4.58. The highest BCUT2D eigenvalue weighted by molar-refractivity contribution is 9.10. The van der Waals surface area contributed by atoms with Crippen LogP contribution in [-0.4, -0.2) is 30.1 Å². The van der Waals surface area contributed by atoms with Crippen LogP contribution in [0.5, 0.6) is 0 Å². The summed E-state index contributed by atoms with van der Waals surface area (Å²) in [6, 6.07) is 1.75. The molecule has 104 valence electrons. The number of hydrazine groups is 1. The Kier molecular flexibility index (Phi) is 4.73. The normalized spacial score (nSPS) is 20.1. The van der Waals surface area contributed by atoms with E-state index in [9.17, 15) is 4.79 Å². The van der Waals surface area contributed by atoms with Gasteiger partial charge in [-0.3, -0.25) is 4.79 Å². The molecule has 1 aromatic rings. The maximum absolute atomic E-state index is 12.2. The van der Waals surface area contributed by atoms with Crippen molar-refractivity contribution in [1.29, 1.82) is 0 Å². The van der Waals surface area contributed by atoms with Gasteiger partial charge in [-0.15, -0.1) is 0 Å². The van der Waals surface area contributed by atoms with E-state index in [4.69, 9.17) is 10.6 Å². The molecule has 2 unspecified atom stereocenters. The quantitative estimate of drug-likeness (QED) is 0.572. The minimum absolute atomic E-state index is 0.0552. The van der Waals surface area contributed by atoms with E-state index in [-0.39, 0.29) is 11.9 Å². The molecule has 2 heterocycles. The van der Waals surface area contributed by atoms with Crippen LogP contribution >= 0.6 is 15.9 Å². The summed E-state index contributed by atoms with van der Waals surface area (Å²) in [5, 5.41) is 2.96. The molecule has 1 amide bonds. The van der Waals surface area contributed by atoms with Gasteiger partial charge in [0.25, 0.3) is 5.91 Å². The molecular weight excluding hydrogens is 312 g/mol. The standard InChI is InChI=1S/C12H17BrN4O2/c1-7(8-2-3-19-6-8)16-12(18)10-4-9(13)5-15-11(10)17-14/h4-5,7-8H,2-3,6,14H2,1H3,(H,15,17)(H,16,18). The summed E-state index contributed by atoms with van der Waals surface area (Å²) >= 11 is 3.30. The van der Waals surface area contributed by atoms with Crippen molar-refractivity contribution >= 4 is 27.7 Å². The summed E-state index contributed by atoms with van der Waals surface area (Å²) in [4.78, 5) is 16.3. The summed E-state index contributed by atoms with van der Waals surface area (Å²) in [5.41, 5.74) is 2.85. The molecule has 0 saturated carbocycles. The number of rotatable bonds is 4. The van der Waals surface area contributed by atoms with Crippen molar-refractivity contribution in [2.24, 2.45) is 11.8 Å². The minimum Gasteiger partial charge on any atom is -0.381 e. The monoisotopic (exact) mass is 328 g/mol. The van der Waals surface area contributed by atoms with Gasteiger partial charge in [0, 0.05) is 29.2 Å². The van der Waals surface area contributed by atoms with Crippen molar-refractivity contribution in [2.45, 2.75) is 19.4 Å². The van der Waals surface area contributed by atoms with Gasteiger partial charge in [-0.05, 0) is 35.3 Å². The molecular formula is C12H17BrN4O2. The van der Waals surface area contributed by atoms with Gasteiger partial charge in [-0.25, -0.2) is 10.8 Å². The predicted octanol–water partition coefficient (Wildman–Crippen LogP) is 1.28. The third-order valence-corrected chi connectivity index (χ3v) is 3.70. The Bertz CT molecular complexity index is 463. The number of aromatic nitrogens is 1. The lowest BCUT2D eigenvalue weighted by atomic mass is 10.0. The highest BCUT2D eigenvalue weighted by Gasteiger charge is 2.24. The summed E-state index contributed by atoms with van der Waals surface area (Å²) in [5.74, 6) is 5.89. The maximum Gasteiger partial charge on any atom is 0.255 e. The van der Waals surface area contributed by atoms with E-state index in [1.807, 2.05) is 6.92 Å². The molecule has 1 fully saturated rings. The Morgan fingerprint density at radius 2 is 2.47 bits per heavy atom. The number of carbonyl (C=O) groups excluding carboxylic acids is 1. The molecule has 0 aromatic carbocycles. The fourth-order valence-corrected chi connectivity index (χ4v) is 2.41. The molecule has 1 aliphatic rings. The Morgan fingerprint density at radius 3 is 3.11 bits per heavy atom. The van der Waals surface area contributed by atoms with Crippen LogP contribution in [0.3, 0.4) is 0 Å². The van der Waals surface area contributed by atoms with Crippen molar-refractivity contribution in [1.82, 2.24) is 10.3 Å². The molecule has 2 atom stereocenters. The fourth-order valence-electron chi connectivity index (χ4n) is 2.08. The molecule has 19 heavy (non-hydrogen) atoms. The highest BCUT2D eigenvalue weighted by atomic mass is 79.9. The number of hydrogen-bond donors (Lipinski definition) is 3. The average molecular weight is 329 g/mol. The van der Waals surface area contributed by atoms with Gasteiger partial charge in [-0.2, -0.15) is 0 Å². The van der Waals surface area contributed by atoms with Crippen LogP contribution in [-0.2, 0) is 4.74 Å². The first-order valence-corrected chi connectivity index (χ1v) is 6.92. The Labute approximate surface area is 120 Å². The predicted molar refractivity (Wildman–Crippen MR) is 75.6 cm³/mol. The molecule has 0 spiro atoms. The van der Waals surface area contributed by atoms with E-state index in [1.54, 1.807) is 12.3 Å². The first-order valence-electron chi connectivity index (χ1n) is 6.12. The molecule has 1 saturated heterocycles. The number of ether oxygens (including phenoxy) is 1. The second kappa shape index (κ2) is 6.31. The summed E-state index contributed by atoms with van der Waals surface area (Å²) in [6.07, 6.45) is 2.56. The summed E-state index contributed by atoms with van der Waals surface area (Å²) in [6.45, 7) is 3.44. The molecule has 4 N–H and O–H groups in total. The number of nitrogens with zero attached hydrogens (tertiary/aromatic N) is 1. The lowest BCUT2D eigenvalue weighted by molar-refractivity contribution is 0.0922. The van der Waals surface area contributed by atoms with E-state index in [0.29, 0.717) is 23.9 Å². The number of anilines is 1. The topological polar surface area (TPSA) is 89.3 Å². The third kappa shape index (κ3) is 3.43. The maximum atomic E-state index is 12.2.